The minimum atomic E-state index is -3.76. The molecule has 1 aromatic rings. The van der Waals surface area contributed by atoms with E-state index in [4.69, 9.17) is 9.47 Å². The molecule has 2 aliphatic rings. The van der Waals surface area contributed by atoms with Crippen LogP contribution in [0.4, 0.5) is 0 Å². The van der Waals surface area contributed by atoms with Crippen LogP contribution in [0.3, 0.4) is 0 Å². The Bertz CT molecular complexity index is 705. The maximum Gasteiger partial charge on any atom is 0.327 e. The molecule has 1 saturated carbocycles. The Morgan fingerprint density at radius 3 is 2.38 bits per heavy atom. The average molecular weight is 353 g/mol. The maximum atomic E-state index is 13.1. The van der Waals surface area contributed by atoms with Crippen LogP contribution >= 0.6 is 0 Å². The summed E-state index contributed by atoms with van der Waals surface area (Å²) >= 11 is 0. The highest BCUT2D eigenvalue weighted by Crippen LogP contribution is 2.41. The number of morpholine rings is 1. The molecule has 3 rings (SSSR count). The summed E-state index contributed by atoms with van der Waals surface area (Å²) in [7, 11) is -3.76. The number of carbonyl (C=O) groups excluding carboxylic acids is 1. The van der Waals surface area contributed by atoms with E-state index in [1.165, 1.54) is 16.4 Å². The Morgan fingerprint density at radius 1 is 1.17 bits per heavy atom. The molecule has 1 aliphatic carbocycles. The summed E-state index contributed by atoms with van der Waals surface area (Å²) in [5.41, 5.74) is -1.02. The van der Waals surface area contributed by atoms with Crippen LogP contribution < -0.4 is 4.74 Å². The van der Waals surface area contributed by atoms with Crippen LogP contribution in [0.1, 0.15) is 39.5 Å². The lowest BCUT2D eigenvalue weighted by atomic mass is 9.97. The van der Waals surface area contributed by atoms with Gasteiger partial charge in [0.1, 0.15) is 17.9 Å². The van der Waals surface area contributed by atoms with Crippen molar-refractivity contribution in [2.75, 3.05) is 13.2 Å². The molecule has 1 aromatic carbocycles. The van der Waals surface area contributed by atoms with Gasteiger partial charge in [-0.25, -0.2) is 8.42 Å². The molecule has 2 fully saturated rings. The zero-order valence-electron chi connectivity index (χ0n) is 14.0. The third-order valence-electron chi connectivity index (χ3n) is 4.60. The van der Waals surface area contributed by atoms with Crippen LogP contribution in [0.5, 0.6) is 5.75 Å². The van der Waals surface area contributed by atoms with Gasteiger partial charge in [0.05, 0.1) is 11.0 Å². The van der Waals surface area contributed by atoms with Crippen LogP contribution in [0.15, 0.2) is 29.2 Å². The van der Waals surface area contributed by atoms with E-state index in [0.717, 1.165) is 12.8 Å². The van der Waals surface area contributed by atoms with E-state index in [-0.39, 0.29) is 24.2 Å². The predicted molar refractivity (Wildman–Crippen MR) is 88.3 cm³/mol. The summed E-state index contributed by atoms with van der Waals surface area (Å²) < 4.78 is 38.3. The fourth-order valence-electron chi connectivity index (χ4n) is 3.52. The first-order valence-corrected chi connectivity index (χ1v) is 9.77. The molecular formula is C17H23NO5S. The third-order valence-corrected chi connectivity index (χ3v) is 6.58. The van der Waals surface area contributed by atoms with E-state index < -0.39 is 21.5 Å². The average Bonchev–Trinajstić information content (AvgIpc) is 3.00. The van der Waals surface area contributed by atoms with Crippen molar-refractivity contribution in [1.82, 2.24) is 4.31 Å². The summed E-state index contributed by atoms with van der Waals surface area (Å²) in [6, 6.07) is 6.37. The quantitative estimate of drug-likeness (QED) is 0.777. The van der Waals surface area contributed by atoms with Crippen molar-refractivity contribution in [2.24, 2.45) is 0 Å². The Hall–Kier alpha value is -1.60. The SMILES string of the molecule is CC(C)Oc1ccc(S(=O)(=O)N2CCOC(=O)C23CCCC3)cc1. The minimum Gasteiger partial charge on any atom is -0.491 e. The molecule has 6 nitrogen and oxygen atoms in total. The zero-order valence-corrected chi connectivity index (χ0v) is 14.8. The van der Waals surface area contributed by atoms with Crippen LogP contribution in [0, 0.1) is 0 Å². The summed E-state index contributed by atoms with van der Waals surface area (Å²) in [5, 5.41) is 0. The van der Waals surface area contributed by atoms with Crippen molar-refractivity contribution in [3.63, 3.8) is 0 Å². The number of hydrogen-bond acceptors (Lipinski definition) is 5. The van der Waals surface area contributed by atoms with Crippen LogP contribution in [-0.2, 0) is 19.6 Å². The highest BCUT2D eigenvalue weighted by molar-refractivity contribution is 7.89. The van der Waals surface area contributed by atoms with Crippen molar-refractivity contribution in [1.29, 1.82) is 0 Å². The first-order valence-electron chi connectivity index (χ1n) is 8.33. The number of sulfonamides is 1. The standard InChI is InChI=1S/C17H23NO5S/c1-13(2)23-14-5-7-15(8-6-14)24(20,21)18-11-12-22-16(19)17(18)9-3-4-10-17/h5-8,13H,3-4,9-12H2,1-2H3. The van der Waals surface area contributed by atoms with Gasteiger partial charge in [-0.1, -0.05) is 12.8 Å². The number of ether oxygens (including phenoxy) is 2. The Kier molecular flexibility index (Phi) is 4.57. The Morgan fingerprint density at radius 2 is 1.79 bits per heavy atom. The van der Waals surface area contributed by atoms with Crippen LogP contribution in [-0.4, -0.2) is 43.5 Å². The summed E-state index contributed by atoms with van der Waals surface area (Å²) in [6.07, 6.45) is 2.75. The molecule has 1 saturated heterocycles. The van der Waals surface area contributed by atoms with Gasteiger partial charge in [0.25, 0.3) is 0 Å². The van der Waals surface area contributed by atoms with Gasteiger partial charge in [0, 0.05) is 6.54 Å². The monoisotopic (exact) mass is 353 g/mol. The topological polar surface area (TPSA) is 72.9 Å². The first-order chi connectivity index (χ1) is 11.4. The fourth-order valence-corrected chi connectivity index (χ4v) is 5.29. The largest absolute Gasteiger partial charge is 0.491 e. The number of esters is 1. The maximum absolute atomic E-state index is 13.1. The lowest BCUT2D eigenvalue weighted by Gasteiger charge is -2.41. The highest BCUT2D eigenvalue weighted by Gasteiger charge is 2.54. The van der Waals surface area contributed by atoms with Crippen molar-refractivity contribution in [3.05, 3.63) is 24.3 Å². The second kappa shape index (κ2) is 6.37. The van der Waals surface area contributed by atoms with E-state index in [2.05, 4.69) is 0 Å². The van der Waals surface area contributed by atoms with Gasteiger partial charge in [-0.05, 0) is 51.0 Å². The highest BCUT2D eigenvalue weighted by atomic mass is 32.2. The molecular weight excluding hydrogens is 330 g/mol. The molecule has 0 unspecified atom stereocenters. The van der Waals surface area contributed by atoms with E-state index in [1.54, 1.807) is 12.1 Å². The molecule has 7 heteroatoms. The second-order valence-electron chi connectivity index (χ2n) is 6.59. The van der Waals surface area contributed by atoms with Gasteiger partial charge >= 0.3 is 5.97 Å². The lowest BCUT2D eigenvalue weighted by molar-refractivity contribution is -0.162. The molecule has 24 heavy (non-hydrogen) atoms. The van der Waals surface area contributed by atoms with E-state index in [1.807, 2.05) is 13.8 Å². The van der Waals surface area contributed by atoms with E-state index >= 15 is 0 Å². The van der Waals surface area contributed by atoms with Gasteiger partial charge in [-0.15, -0.1) is 0 Å². The number of hydrogen-bond donors (Lipinski definition) is 0. The van der Waals surface area contributed by atoms with Gasteiger partial charge in [-0.3, -0.25) is 4.79 Å². The van der Waals surface area contributed by atoms with Crippen LogP contribution in [0.2, 0.25) is 0 Å². The zero-order chi connectivity index (χ0) is 17.4. The number of benzene rings is 1. The van der Waals surface area contributed by atoms with Crippen molar-refractivity contribution < 1.29 is 22.7 Å². The predicted octanol–water partition coefficient (Wildman–Crippen LogP) is 2.33. The second-order valence-corrected chi connectivity index (χ2v) is 8.45. The third kappa shape index (κ3) is 2.91. The number of nitrogens with zero attached hydrogens (tertiary/aromatic N) is 1. The fraction of sp³-hybridized carbons (Fsp3) is 0.588. The van der Waals surface area contributed by atoms with Gasteiger partial charge < -0.3 is 9.47 Å². The molecule has 1 spiro atoms. The van der Waals surface area contributed by atoms with Gasteiger partial charge in [0.2, 0.25) is 10.0 Å². The Labute approximate surface area is 142 Å². The first kappa shape index (κ1) is 17.2. The molecule has 0 aromatic heterocycles. The minimum absolute atomic E-state index is 0.0195. The van der Waals surface area contributed by atoms with E-state index in [0.29, 0.717) is 18.6 Å². The molecule has 132 valence electrons. The number of cyclic esters (lactones) is 1. The molecule has 0 bridgehead atoms. The molecule has 1 aliphatic heterocycles. The molecule has 0 radical (unpaired) electrons. The van der Waals surface area contributed by atoms with E-state index in [9.17, 15) is 13.2 Å². The lowest BCUT2D eigenvalue weighted by Crippen LogP contribution is -2.60. The Balaban J connectivity index is 1.92. The summed E-state index contributed by atoms with van der Waals surface area (Å²) in [6.45, 7) is 4.13. The smallest absolute Gasteiger partial charge is 0.327 e. The number of rotatable bonds is 4. The normalized spacial score (nSPS) is 21.2. The molecule has 1 heterocycles. The van der Waals surface area contributed by atoms with Gasteiger partial charge in [0.15, 0.2) is 0 Å². The number of carbonyl (C=O) groups is 1. The molecule has 0 atom stereocenters. The van der Waals surface area contributed by atoms with Crippen molar-refractivity contribution in [3.8, 4) is 5.75 Å². The van der Waals surface area contributed by atoms with Crippen LogP contribution in [0.25, 0.3) is 0 Å². The van der Waals surface area contributed by atoms with Crippen molar-refractivity contribution >= 4 is 16.0 Å². The molecule has 0 amide bonds. The summed E-state index contributed by atoms with van der Waals surface area (Å²) in [4.78, 5) is 12.5. The van der Waals surface area contributed by atoms with Gasteiger partial charge in [-0.2, -0.15) is 4.31 Å². The van der Waals surface area contributed by atoms with Crippen molar-refractivity contribution in [2.45, 2.75) is 56.1 Å². The molecule has 0 N–H and O–H groups in total. The summed E-state index contributed by atoms with van der Waals surface area (Å²) in [5.74, 6) is 0.215.